The zero-order valence-corrected chi connectivity index (χ0v) is 10.1. The number of hydrogen-bond donors (Lipinski definition) is 1. The van der Waals surface area contributed by atoms with Gasteiger partial charge in [-0.1, -0.05) is 27.7 Å². The van der Waals surface area contributed by atoms with Crippen molar-refractivity contribution in [3.8, 4) is 0 Å². The predicted molar refractivity (Wildman–Crippen MR) is 60.3 cm³/mol. The van der Waals surface area contributed by atoms with Gasteiger partial charge >= 0.3 is 6.03 Å². The first-order chi connectivity index (χ1) is 6.47. The summed E-state index contributed by atoms with van der Waals surface area (Å²) in [5.74, 6) is 1.05. The Bertz CT molecular complexity index is 157. The summed E-state index contributed by atoms with van der Waals surface area (Å²) in [6, 6.07) is 0.0647. The molecule has 0 atom stereocenters. The van der Waals surface area contributed by atoms with E-state index in [0.717, 1.165) is 13.1 Å². The molecule has 0 fully saturated rings. The molecule has 3 heteroatoms. The molecule has 0 unspecified atom stereocenters. The molecule has 3 nitrogen and oxygen atoms in total. The number of nitrogens with one attached hydrogen (secondary N) is 1. The van der Waals surface area contributed by atoms with E-state index in [9.17, 15) is 4.79 Å². The molecule has 0 aromatic rings. The molecule has 14 heavy (non-hydrogen) atoms. The lowest BCUT2D eigenvalue weighted by atomic mass is 10.1. The van der Waals surface area contributed by atoms with E-state index >= 15 is 0 Å². The fourth-order valence-corrected chi connectivity index (χ4v) is 1.38. The Morgan fingerprint density at radius 3 is 1.86 bits per heavy atom. The summed E-state index contributed by atoms with van der Waals surface area (Å²) in [4.78, 5) is 13.5. The van der Waals surface area contributed by atoms with Crippen molar-refractivity contribution in [3.05, 3.63) is 0 Å². The standard InChI is InChI=1S/C11H24N2O/c1-6-12-11(14)13(7-9(2)3)8-10(4)5/h9-10H,6-8H2,1-5H3,(H,12,14). The average Bonchev–Trinajstić information content (AvgIpc) is 2.01. The first kappa shape index (κ1) is 13.3. The summed E-state index contributed by atoms with van der Waals surface area (Å²) < 4.78 is 0. The van der Waals surface area contributed by atoms with Crippen LogP contribution in [0.2, 0.25) is 0 Å². The number of rotatable bonds is 5. The molecule has 0 aliphatic heterocycles. The van der Waals surface area contributed by atoms with Gasteiger partial charge in [-0.15, -0.1) is 0 Å². The van der Waals surface area contributed by atoms with Gasteiger partial charge in [0.15, 0.2) is 0 Å². The number of carbonyl (C=O) groups excluding carboxylic acids is 1. The Balaban J connectivity index is 4.15. The highest BCUT2D eigenvalue weighted by Crippen LogP contribution is 2.03. The molecular weight excluding hydrogens is 176 g/mol. The molecule has 0 spiro atoms. The Morgan fingerprint density at radius 2 is 1.57 bits per heavy atom. The van der Waals surface area contributed by atoms with Crippen molar-refractivity contribution in [2.75, 3.05) is 19.6 Å². The van der Waals surface area contributed by atoms with Crippen LogP contribution in [0, 0.1) is 11.8 Å². The van der Waals surface area contributed by atoms with Crippen LogP contribution in [0.15, 0.2) is 0 Å². The second-order valence-corrected chi connectivity index (χ2v) is 4.53. The first-order valence-electron chi connectivity index (χ1n) is 5.50. The van der Waals surface area contributed by atoms with E-state index in [1.165, 1.54) is 0 Å². The highest BCUT2D eigenvalue weighted by molar-refractivity contribution is 5.74. The third kappa shape index (κ3) is 5.84. The van der Waals surface area contributed by atoms with E-state index in [1.807, 2.05) is 11.8 Å². The van der Waals surface area contributed by atoms with Gasteiger partial charge in [0.1, 0.15) is 0 Å². The van der Waals surface area contributed by atoms with Crippen molar-refractivity contribution < 1.29 is 4.79 Å². The third-order valence-corrected chi connectivity index (χ3v) is 1.79. The minimum absolute atomic E-state index is 0.0647. The Kier molecular flexibility index (Phi) is 6.34. The highest BCUT2D eigenvalue weighted by Gasteiger charge is 2.14. The molecule has 0 aliphatic rings. The van der Waals surface area contributed by atoms with E-state index < -0.39 is 0 Å². The summed E-state index contributed by atoms with van der Waals surface area (Å²) in [7, 11) is 0. The average molecular weight is 200 g/mol. The van der Waals surface area contributed by atoms with Gasteiger partial charge in [0.25, 0.3) is 0 Å². The Morgan fingerprint density at radius 1 is 1.14 bits per heavy atom. The molecule has 0 bridgehead atoms. The number of nitrogens with zero attached hydrogens (tertiary/aromatic N) is 1. The van der Waals surface area contributed by atoms with Crippen LogP contribution >= 0.6 is 0 Å². The minimum Gasteiger partial charge on any atom is -0.338 e. The van der Waals surface area contributed by atoms with Crippen LogP contribution < -0.4 is 5.32 Å². The van der Waals surface area contributed by atoms with Gasteiger partial charge < -0.3 is 10.2 Å². The van der Waals surface area contributed by atoms with E-state index in [0.29, 0.717) is 18.4 Å². The van der Waals surface area contributed by atoms with Gasteiger partial charge in [-0.25, -0.2) is 4.79 Å². The van der Waals surface area contributed by atoms with Crippen molar-refractivity contribution in [2.24, 2.45) is 11.8 Å². The van der Waals surface area contributed by atoms with Gasteiger partial charge in [-0.2, -0.15) is 0 Å². The van der Waals surface area contributed by atoms with Crippen LogP contribution in [0.5, 0.6) is 0 Å². The summed E-state index contributed by atoms with van der Waals surface area (Å²) in [5, 5.41) is 2.84. The number of carbonyl (C=O) groups is 1. The van der Waals surface area contributed by atoms with Crippen LogP contribution in [0.1, 0.15) is 34.6 Å². The van der Waals surface area contributed by atoms with Crippen LogP contribution in [-0.2, 0) is 0 Å². The van der Waals surface area contributed by atoms with Crippen molar-refractivity contribution in [3.63, 3.8) is 0 Å². The lowest BCUT2D eigenvalue weighted by Crippen LogP contribution is -2.43. The Hall–Kier alpha value is -0.730. The fourth-order valence-electron chi connectivity index (χ4n) is 1.38. The molecule has 0 aliphatic carbocycles. The fraction of sp³-hybridized carbons (Fsp3) is 0.909. The molecule has 0 rings (SSSR count). The van der Waals surface area contributed by atoms with Gasteiger partial charge in [-0.05, 0) is 18.8 Å². The largest absolute Gasteiger partial charge is 0.338 e. The van der Waals surface area contributed by atoms with Crippen LogP contribution in [0.25, 0.3) is 0 Å². The van der Waals surface area contributed by atoms with E-state index in [2.05, 4.69) is 33.0 Å². The molecule has 0 heterocycles. The van der Waals surface area contributed by atoms with E-state index in [4.69, 9.17) is 0 Å². The molecule has 0 saturated heterocycles. The number of urea groups is 1. The van der Waals surface area contributed by atoms with Crippen LogP contribution in [-0.4, -0.2) is 30.6 Å². The van der Waals surface area contributed by atoms with Gasteiger partial charge in [0, 0.05) is 19.6 Å². The second kappa shape index (κ2) is 6.68. The molecule has 0 aromatic heterocycles. The summed E-state index contributed by atoms with van der Waals surface area (Å²) in [6.07, 6.45) is 0. The van der Waals surface area contributed by atoms with Crippen LogP contribution in [0.4, 0.5) is 4.79 Å². The maximum atomic E-state index is 11.6. The zero-order chi connectivity index (χ0) is 11.1. The number of hydrogen-bond acceptors (Lipinski definition) is 1. The summed E-state index contributed by atoms with van der Waals surface area (Å²) >= 11 is 0. The summed E-state index contributed by atoms with van der Waals surface area (Å²) in [6.45, 7) is 12.8. The normalized spacial score (nSPS) is 10.8. The molecule has 0 saturated carbocycles. The Labute approximate surface area is 87.9 Å². The lowest BCUT2D eigenvalue weighted by molar-refractivity contribution is 0.184. The SMILES string of the molecule is CCNC(=O)N(CC(C)C)CC(C)C. The maximum Gasteiger partial charge on any atom is 0.317 e. The van der Waals surface area contributed by atoms with Crippen LogP contribution in [0.3, 0.4) is 0 Å². The third-order valence-electron chi connectivity index (χ3n) is 1.79. The minimum atomic E-state index is 0.0647. The quantitative estimate of drug-likeness (QED) is 0.726. The van der Waals surface area contributed by atoms with E-state index in [1.54, 1.807) is 0 Å². The number of amides is 2. The highest BCUT2D eigenvalue weighted by atomic mass is 16.2. The predicted octanol–water partition coefficient (Wildman–Crippen LogP) is 2.33. The molecular formula is C11H24N2O. The van der Waals surface area contributed by atoms with Crippen molar-refractivity contribution >= 4 is 6.03 Å². The molecule has 0 aromatic carbocycles. The van der Waals surface area contributed by atoms with E-state index in [-0.39, 0.29) is 6.03 Å². The molecule has 0 radical (unpaired) electrons. The van der Waals surface area contributed by atoms with Gasteiger partial charge in [0.2, 0.25) is 0 Å². The van der Waals surface area contributed by atoms with Gasteiger partial charge in [0.05, 0.1) is 0 Å². The van der Waals surface area contributed by atoms with Crippen molar-refractivity contribution in [1.29, 1.82) is 0 Å². The van der Waals surface area contributed by atoms with Crippen molar-refractivity contribution in [2.45, 2.75) is 34.6 Å². The monoisotopic (exact) mass is 200 g/mol. The first-order valence-corrected chi connectivity index (χ1v) is 5.50. The zero-order valence-electron chi connectivity index (χ0n) is 10.1. The second-order valence-electron chi connectivity index (χ2n) is 4.53. The molecule has 2 amide bonds. The summed E-state index contributed by atoms with van der Waals surface area (Å²) in [5.41, 5.74) is 0. The topological polar surface area (TPSA) is 32.3 Å². The van der Waals surface area contributed by atoms with Crippen molar-refractivity contribution in [1.82, 2.24) is 10.2 Å². The maximum absolute atomic E-state index is 11.6. The van der Waals surface area contributed by atoms with Gasteiger partial charge in [-0.3, -0.25) is 0 Å². The molecule has 84 valence electrons. The smallest absolute Gasteiger partial charge is 0.317 e. The molecule has 1 N–H and O–H groups in total. The lowest BCUT2D eigenvalue weighted by Gasteiger charge is -2.26.